The molecule has 1 aromatic heterocycles. The molecular weight excluding hydrogens is 338 g/mol. The molecule has 0 amide bonds. The first-order valence-electron chi connectivity index (χ1n) is 5.83. The second-order valence-corrected chi connectivity index (χ2v) is 6.83. The molecule has 0 spiro atoms. The molecule has 6 nitrogen and oxygen atoms in total. The lowest BCUT2D eigenvalue weighted by molar-refractivity contribution is 0.114. The largest absolute Gasteiger partial charge is 0.450 e. The summed E-state index contributed by atoms with van der Waals surface area (Å²) in [5, 5.41) is 8.89. The minimum Gasteiger partial charge on any atom is -0.450 e. The van der Waals surface area contributed by atoms with Crippen molar-refractivity contribution < 1.29 is 22.7 Å². The summed E-state index contributed by atoms with van der Waals surface area (Å²) in [7, 11) is -3.66. The van der Waals surface area contributed by atoms with Gasteiger partial charge in [0.25, 0.3) is 0 Å². The van der Waals surface area contributed by atoms with Gasteiger partial charge in [-0.2, -0.15) is 0 Å². The molecule has 8 heteroatoms. The summed E-state index contributed by atoms with van der Waals surface area (Å²) in [6.45, 7) is 4.75. The molecule has 110 valence electrons. The molecule has 0 bridgehead atoms. The third-order valence-corrected chi connectivity index (χ3v) is 4.46. The smallest absolute Gasteiger partial charge is 0.245 e. The molecule has 0 unspecified atom stereocenters. The molecule has 2 N–H and O–H groups in total. The van der Waals surface area contributed by atoms with E-state index in [1.165, 1.54) is 6.07 Å². The van der Waals surface area contributed by atoms with Gasteiger partial charge in [0.1, 0.15) is 17.3 Å². The molecule has 0 fully saturated rings. The van der Waals surface area contributed by atoms with Gasteiger partial charge in [-0.05, 0) is 21.8 Å². The van der Waals surface area contributed by atoms with Crippen molar-refractivity contribution in [3.63, 3.8) is 0 Å². The highest BCUT2D eigenvalue weighted by molar-refractivity contribution is 9.10. The van der Waals surface area contributed by atoms with Crippen molar-refractivity contribution in [2.75, 3.05) is 19.8 Å². The summed E-state index contributed by atoms with van der Waals surface area (Å²) in [5.74, 6) is 0.593. The maximum Gasteiger partial charge on any atom is 0.245 e. The van der Waals surface area contributed by atoms with Crippen molar-refractivity contribution in [1.29, 1.82) is 0 Å². The first-order valence-corrected chi connectivity index (χ1v) is 8.11. The van der Waals surface area contributed by atoms with E-state index >= 15 is 0 Å². The predicted octanol–water partition coefficient (Wildman–Crippen LogP) is 1.49. The van der Waals surface area contributed by atoms with Gasteiger partial charge in [-0.25, -0.2) is 13.1 Å². The molecule has 0 aliphatic carbocycles. The van der Waals surface area contributed by atoms with Crippen molar-refractivity contribution in [3.8, 4) is 0 Å². The zero-order valence-corrected chi connectivity index (χ0v) is 13.3. The van der Waals surface area contributed by atoms with Crippen LogP contribution in [0.3, 0.4) is 0 Å². The van der Waals surface area contributed by atoms with Crippen molar-refractivity contribution in [1.82, 2.24) is 4.72 Å². The minimum atomic E-state index is -3.66. The average Bonchev–Trinajstić information content (AvgIpc) is 2.70. The molecule has 0 aliphatic heterocycles. The molecule has 1 heterocycles. The van der Waals surface area contributed by atoms with Crippen LogP contribution in [-0.2, 0) is 21.4 Å². The Kier molecular flexibility index (Phi) is 6.48. The fourth-order valence-corrected chi connectivity index (χ4v) is 3.31. The molecule has 19 heavy (non-hydrogen) atoms. The van der Waals surface area contributed by atoms with Gasteiger partial charge in [0, 0.05) is 19.2 Å². The van der Waals surface area contributed by atoms with E-state index in [2.05, 4.69) is 20.7 Å². The van der Waals surface area contributed by atoms with E-state index in [1.807, 2.05) is 13.8 Å². The van der Waals surface area contributed by atoms with Gasteiger partial charge in [0.05, 0.1) is 6.61 Å². The van der Waals surface area contributed by atoms with Crippen LogP contribution in [0, 0.1) is 5.92 Å². The van der Waals surface area contributed by atoms with Crippen LogP contribution in [0.25, 0.3) is 0 Å². The number of hydrogen-bond donors (Lipinski definition) is 2. The molecule has 0 radical (unpaired) electrons. The van der Waals surface area contributed by atoms with E-state index in [1.54, 1.807) is 0 Å². The van der Waals surface area contributed by atoms with E-state index in [4.69, 9.17) is 14.3 Å². The van der Waals surface area contributed by atoms with Crippen LogP contribution >= 0.6 is 15.9 Å². The number of nitrogens with one attached hydrogen (secondary N) is 1. The maximum atomic E-state index is 11.9. The highest BCUT2D eigenvalue weighted by atomic mass is 79.9. The molecule has 0 saturated heterocycles. The van der Waals surface area contributed by atoms with Crippen LogP contribution < -0.4 is 4.72 Å². The Labute approximate surface area is 121 Å². The Hall–Kier alpha value is -0.410. The predicted molar refractivity (Wildman–Crippen MR) is 73.2 cm³/mol. The van der Waals surface area contributed by atoms with Gasteiger partial charge in [0.2, 0.25) is 10.0 Å². The second-order valence-electron chi connectivity index (χ2n) is 4.38. The lowest BCUT2D eigenvalue weighted by Crippen LogP contribution is -2.27. The van der Waals surface area contributed by atoms with Crippen LogP contribution in [0.15, 0.2) is 20.0 Å². The summed E-state index contributed by atoms with van der Waals surface area (Å²) in [6.07, 6.45) is 0. The lowest BCUT2D eigenvalue weighted by Gasteiger charge is -2.08. The van der Waals surface area contributed by atoms with Gasteiger partial charge in [-0.1, -0.05) is 13.8 Å². The molecule has 0 atom stereocenters. The van der Waals surface area contributed by atoms with Crippen LogP contribution in [0.2, 0.25) is 0 Å². The van der Waals surface area contributed by atoms with Crippen molar-refractivity contribution in [2.24, 2.45) is 5.92 Å². The minimum absolute atomic E-state index is 0.0274. The van der Waals surface area contributed by atoms with Crippen molar-refractivity contribution in [3.05, 3.63) is 16.5 Å². The van der Waals surface area contributed by atoms with Gasteiger partial charge in [-0.15, -0.1) is 0 Å². The fourth-order valence-electron chi connectivity index (χ4n) is 1.30. The first-order chi connectivity index (χ1) is 8.86. The summed E-state index contributed by atoms with van der Waals surface area (Å²) in [5.41, 5.74) is 0. The topological polar surface area (TPSA) is 88.8 Å². The molecule has 0 saturated carbocycles. The zero-order chi connectivity index (χ0) is 14.5. The Morgan fingerprint density at radius 3 is 2.74 bits per heavy atom. The summed E-state index contributed by atoms with van der Waals surface area (Å²) in [6, 6.07) is 1.28. The maximum absolute atomic E-state index is 11.9. The number of sulfonamides is 1. The molecule has 1 aromatic rings. The molecular formula is C11H18BrNO5S. The van der Waals surface area contributed by atoms with E-state index in [9.17, 15) is 8.42 Å². The third kappa shape index (κ3) is 5.23. The van der Waals surface area contributed by atoms with Gasteiger partial charge < -0.3 is 14.3 Å². The highest BCUT2D eigenvalue weighted by Gasteiger charge is 2.21. The quantitative estimate of drug-likeness (QED) is 0.689. The second kappa shape index (κ2) is 7.39. The standard InChI is InChI=1S/C11H18BrNO5S/c1-8(2)7-17-4-3-13-19(15,16)10-5-9(6-14)18-11(10)12/h5,8,13-14H,3-4,6-7H2,1-2H3. The van der Waals surface area contributed by atoms with Crippen LogP contribution in [-0.4, -0.2) is 33.3 Å². The van der Waals surface area contributed by atoms with Gasteiger partial charge >= 0.3 is 0 Å². The Bertz CT molecular complexity index is 497. The summed E-state index contributed by atoms with van der Waals surface area (Å²) < 4.78 is 36.7. The fraction of sp³-hybridized carbons (Fsp3) is 0.636. The molecule has 0 aliphatic rings. The number of furan rings is 1. The average molecular weight is 356 g/mol. The van der Waals surface area contributed by atoms with Gasteiger partial charge in [0.15, 0.2) is 4.67 Å². The monoisotopic (exact) mass is 355 g/mol. The number of aliphatic hydroxyl groups is 1. The number of aliphatic hydroxyl groups excluding tert-OH is 1. The molecule has 0 aromatic carbocycles. The van der Waals surface area contributed by atoms with E-state index in [0.717, 1.165) is 0 Å². The van der Waals surface area contributed by atoms with Crippen LogP contribution in [0.5, 0.6) is 0 Å². The normalized spacial score (nSPS) is 12.3. The highest BCUT2D eigenvalue weighted by Crippen LogP contribution is 2.25. The SMILES string of the molecule is CC(C)COCCNS(=O)(=O)c1cc(CO)oc1Br. The van der Waals surface area contributed by atoms with E-state index in [0.29, 0.717) is 19.1 Å². The van der Waals surface area contributed by atoms with E-state index < -0.39 is 10.0 Å². The summed E-state index contributed by atoms with van der Waals surface area (Å²) >= 11 is 3.01. The number of rotatable bonds is 8. The third-order valence-electron chi connectivity index (χ3n) is 2.14. The summed E-state index contributed by atoms with van der Waals surface area (Å²) in [4.78, 5) is -0.0274. The van der Waals surface area contributed by atoms with Crippen LogP contribution in [0.4, 0.5) is 0 Å². The van der Waals surface area contributed by atoms with E-state index in [-0.39, 0.29) is 28.5 Å². The number of halogens is 1. The Balaban J connectivity index is 2.53. The van der Waals surface area contributed by atoms with Crippen molar-refractivity contribution in [2.45, 2.75) is 25.3 Å². The Morgan fingerprint density at radius 2 is 2.21 bits per heavy atom. The first kappa shape index (κ1) is 16.6. The van der Waals surface area contributed by atoms with Gasteiger partial charge in [-0.3, -0.25) is 0 Å². The lowest BCUT2D eigenvalue weighted by atomic mass is 10.2. The zero-order valence-electron chi connectivity index (χ0n) is 10.8. The Morgan fingerprint density at radius 1 is 1.53 bits per heavy atom. The van der Waals surface area contributed by atoms with Crippen LogP contribution in [0.1, 0.15) is 19.6 Å². The number of hydrogen-bond acceptors (Lipinski definition) is 5. The van der Waals surface area contributed by atoms with Crippen molar-refractivity contribution >= 4 is 26.0 Å². The number of ether oxygens (including phenoxy) is 1. The molecule has 1 rings (SSSR count).